The molecule has 2 amide bonds. The maximum Gasteiger partial charge on any atom is 0.435 e. The van der Waals surface area contributed by atoms with Gasteiger partial charge in [-0.25, -0.2) is 18.2 Å². The molecular formula is C22H23F6N5O2. The number of amides is 2. The molecule has 2 aliphatic heterocycles. The number of imidazole rings is 1. The van der Waals surface area contributed by atoms with E-state index < -0.39 is 52.9 Å². The lowest BCUT2D eigenvalue weighted by atomic mass is 10.0. The summed E-state index contributed by atoms with van der Waals surface area (Å²) >= 11 is 0. The van der Waals surface area contributed by atoms with Crippen LogP contribution in [-0.4, -0.2) is 56.8 Å². The monoisotopic (exact) mass is 503 g/mol. The first-order valence-corrected chi connectivity index (χ1v) is 11.1. The van der Waals surface area contributed by atoms with E-state index in [4.69, 9.17) is 5.73 Å². The van der Waals surface area contributed by atoms with Crippen molar-refractivity contribution in [3.05, 3.63) is 52.4 Å². The predicted octanol–water partition coefficient (Wildman–Crippen LogP) is 2.86. The number of halogens is 6. The minimum Gasteiger partial charge on any atom is -0.337 e. The van der Waals surface area contributed by atoms with E-state index >= 15 is 0 Å². The van der Waals surface area contributed by atoms with E-state index in [0.717, 1.165) is 0 Å². The fourth-order valence-electron chi connectivity index (χ4n) is 4.46. The van der Waals surface area contributed by atoms with E-state index in [1.165, 1.54) is 14.4 Å². The topological polar surface area (TPSA) is 84.5 Å². The number of alkyl halides is 3. The van der Waals surface area contributed by atoms with Crippen molar-refractivity contribution in [2.75, 3.05) is 19.6 Å². The van der Waals surface area contributed by atoms with Crippen LogP contribution >= 0.6 is 0 Å². The first kappa shape index (κ1) is 25.0. The van der Waals surface area contributed by atoms with Crippen molar-refractivity contribution in [1.29, 1.82) is 0 Å². The average molecular weight is 503 g/mol. The number of aromatic nitrogens is 2. The zero-order chi connectivity index (χ0) is 25.5. The van der Waals surface area contributed by atoms with Gasteiger partial charge < -0.3 is 20.1 Å². The molecule has 2 aromatic rings. The van der Waals surface area contributed by atoms with Crippen molar-refractivity contribution in [2.24, 2.45) is 5.73 Å². The van der Waals surface area contributed by atoms with Crippen LogP contribution in [0.3, 0.4) is 0 Å². The first-order valence-electron chi connectivity index (χ1n) is 11.1. The van der Waals surface area contributed by atoms with E-state index in [-0.39, 0.29) is 43.9 Å². The first-order chi connectivity index (χ1) is 16.5. The molecule has 3 heterocycles. The molecule has 0 radical (unpaired) electrons. The van der Waals surface area contributed by atoms with Gasteiger partial charge in [0.15, 0.2) is 17.3 Å². The summed E-state index contributed by atoms with van der Waals surface area (Å²) in [6, 6.07) is 0.120. The Bertz CT molecular complexity index is 1140. The second kappa shape index (κ2) is 9.51. The van der Waals surface area contributed by atoms with Crippen molar-refractivity contribution in [3.63, 3.8) is 0 Å². The van der Waals surface area contributed by atoms with Gasteiger partial charge in [-0.15, -0.1) is 0 Å². The van der Waals surface area contributed by atoms with Gasteiger partial charge in [0.1, 0.15) is 17.3 Å². The SMILES string of the molecule is N[C@H](CC(=O)N1CCn2c(nc(C(F)(F)F)c2C(=O)N2CCCC2)C1)Cc1cc(F)c(F)cc1F. The third-order valence-corrected chi connectivity index (χ3v) is 6.20. The molecule has 1 aromatic carbocycles. The third-order valence-electron chi connectivity index (χ3n) is 6.20. The molecule has 13 heteroatoms. The van der Waals surface area contributed by atoms with Crippen LogP contribution in [0.5, 0.6) is 0 Å². The lowest BCUT2D eigenvalue weighted by Gasteiger charge is -2.29. The largest absolute Gasteiger partial charge is 0.435 e. The number of nitrogens with zero attached hydrogens (tertiary/aromatic N) is 4. The number of likely N-dealkylation sites (tertiary alicyclic amines) is 1. The van der Waals surface area contributed by atoms with Gasteiger partial charge in [-0.2, -0.15) is 13.2 Å². The van der Waals surface area contributed by atoms with Crippen LogP contribution in [0.25, 0.3) is 0 Å². The summed E-state index contributed by atoms with van der Waals surface area (Å²) in [5.41, 5.74) is 3.92. The summed E-state index contributed by atoms with van der Waals surface area (Å²) in [5, 5.41) is 0. The lowest BCUT2D eigenvalue weighted by Crippen LogP contribution is -2.42. The fourth-order valence-corrected chi connectivity index (χ4v) is 4.46. The highest BCUT2D eigenvalue weighted by Crippen LogP contribution is 2.34. The highest BCUT2D eigenvalue weighted by Gasteiger charge is 2.43. The van der Waals surface area contributed by atoms with Gasteiger partial charge in [0.2, 0.25) is 5.91 Å². The molecule has 2 aliphatic rings. The van der Waals surface area contributed by atoms with Crippen molar-refractivity contribution >= 4 is 11.8 Å². The molecule has 0 unspecified atom stereocenters. The van der Waals surface area contributed by atoms with Gasteiger partial charge in [-0.05, 0) is 30.9 Å². The van der Waals surface area contributed by atoms with Gasteiger partial charge in [-0.1, -0.05) is 0 Å². The smallest absolute Gasteiger partial charge is 0.337 e. The van der Waals surface area contributed by atoms with Crippen LogP contribution in [0, 0.1) is 17.5 Å². The molecule has 1 atom stereocenters. The van der Waals surface area contributed by atoms with Gasteiger partial charge in [-0.3, -0.25) is 9.59 Å². The summed E-state index contributed by atoms with van der Waals surface area (Å²) in [7, 11) is 0. The number of fused-ring (bicyclic) bond motifs is 1. The Morgan fingerprint density at radius 3 is 2.29 bits per heavy atom. The lowest BCUT2D eigenvalue weighted by molar-refractivity contribution is -0.141. The number of hydrogen-bond acceptors (Lipinski definition) is 4. The summed E-state index contributed by atoms with van der Waals surface area (Å²) < 4.78 is 82.6. The molecular weight excluding hydrogens is 480 g/mol. The molecule has 1 saturated heterocycles. The van der Waals surface area contributed by atoms with Crippen LogP contribution < -0.4 is 5.73 Å². The van der Waals surface area contributed by atoms with E-state index in [9.17, 15) is 35.9 Å². The zero-order valence-corrected chi connectivity index (χ0v) is 18.5. The van der Waals surface area contributed by atoms with Gasteiger partial charge in [0.25, 0.3) is 5.91 Å². The van der Waals surface area contributed by atoms with Crippen molar-refractivity contribution in [3.8, 4) is 0 Å². The number of benzene rings is 1. The minimum atomic E-state index is -4.85. The van der Waals surface area contributed by atoms with E-state index in [1.54, 1.807) is 0 Å². The summed E-state index contributed by atoms with van der Waals surface area (Å²) in [5.74, 6) is -4.91. The minimum absolute atomic E-state index is 0.0199. The van der Waals surface area contributed by atoms with Crippen LogP contribution in [-0.2, 0) is 30.5 Å². The Hall–Kier alpha value is -3.09. The third kappa shape index (κ3) is 5.14. The normalized spacial score (nSPS) is 17.0. The molecule has 0 aliphatic carbocycles. The molecule has 190 valence electrons. The second-order valence-electron chi connectivity index (χ2n) is 8.72. The van der Waals surface area contributed by atoms with E-state index in [0.29, 0.717) is 38.1 Å². The summed E-state index contributed by atoms with van der Waals surface area (Å²) in [6.45, 7) is 0.439. The van der Waals surface area contributed by atoms with Crippen LogP contribution in [0.2, 0.25) is 0 Å². The maximum absolute atomic E-state index is 13.9. The molecule has 0 bridgehead atoms. The van der Waals surface area contributed by atoms with Crippen LogP contribution in [0.4, 0.5) is 26.3 Å². The summed E-state index contributed by atoms with van der Waals surface area (Å²) in [6.07, 6.45) is -3.97. The number of hydrogen-bond donors (Lipinski definition) is 1. The molecule has 1 aromatic heterocycles. The van der Waals surface area contributed by atoms with E-state index in [1.807, 2.05) is 0 Å². The molecule has 0 saturated carbocycles. The quantitative estimate of drug-likeness (QED) is 0.503. The average Bonchev–Trinajstić information content (AvgIpc) is 3.44. The van der Waals surface area contributed by atoms with Gasteiger partial charge in [0.05, 0.1) is 6.54 Å². The van der Waals surface area contributed by atoms with E-state index in [2.05, 4.69) is 4.98 Å². The molecule has 2 N–H and O–H groups in total. The van der Waals surface area contributed by atoms with Crippen molar-refractivity contribution < 1.29 is 35.9 Å². The zero-order valence-electron chi connectivity index (χ0n) is 18.5. The fraction of sp³-hybridized carbons (Fsp3) is 0.500. The Morgan fingerprint density at radius 2 is 1.63 bits per heavy atom. The van der Waals surface area contributed by atoms with Gasteiger partial charge in [0, 0.05) is 44.7 Å². The highest BCUT2D eigenvalue weighted by atomic mass is 19.4. The number of rotatable bonds is 5. The molecule has 4 rings (SSSR count). The van der Waals surface area contributed by atoms with Crippen LogP contribution in [0.15, 0.2) is 12.1 Å². The highest BCUT2D eigenvalue weighted by molar-refractivity contribution is 5.94. The predicted molar refractivity (Wildman–Crippen MR) is 110 cm³/mol. The number of carbonyl (C=O) groups excluding carboxylic acids is 2. The molecule has 7 nitrogen and oxygen atoms in total. The molecule has 35 heavy (non-hydrogen) atoms. The van der Waals surface area contributed by atoms with Gasteiger partial charge >= 0.3 is 6.18 Å². The van der Waals surface area contributed by atoms with Crippen LogP contribution in [0.1, 0.15) is 46.8 Å². The van der Waals surface area contributed by atoms with Crippen molar-refractivity contribution in [1.82, 2.24) is 19.4 Å². The second-order valence-corrected chi connectivity index (χ2v) is 8.72. The molecule has 0 spiro atoms. The molecule has 1 fully saturated rings. The Morgan fingerprint density at radius 1 is 0.971 bits per heavy atom. The number of carbonyl (C=O) groups is 2. The summed E-state index contributed by atoms with van der Waals surface area (Å²) in [4.78, 5) is 31.9. The van der Waals surface area contributed by atoms with Crippen molar-refractivity contribution in [2.45, 2.75) is 51.0 Å². The Kier molecular flexibility index (Phi) is 6.80. The Balaban J connectivity index is 1.48. The standard InChI is InChI=1S/C22H23F6N5O2/c23-14-10-16(25)15(24)8-12(14)7-13(29)9-18(34)32-5-6-33-17(11-32)30-20(22(26,27)28)19(33)21(35)31-3-1-2-4-31/h8,10,13H,1-7,9,11,29H2/t13-/m0/s1. The number of nitrogens with two attached hydrogens (primary N) is 1. The Labute approximate surface area is 196 Å². The maximum atomic E-state index is 13.9.